The molecular weight excluding hydrogens is 320 g/mol. The van der Waals surface area contributed by atoms with Gasteiger partial charge in [0.05, 0.1) is 17.2 Å². The monoisotopic (exact) mass is 336 g/mol. The normalized spacial score (nSPS) is 24.6. The molecule has 0 saturated carbocycles. The summed E-state index contributed by atoms with van der Waals surface area (Å²) in [5.41, 5.74) is -0.343. The summed E-state index contributed by atoms with van der Waals surface area (Å²) in [6, 6.07) is 0.571. The predicted molar refractivity (Wildman–Crippen MR) is 83.6 cm³/mol. The summed E-state index contributed by atoms with van der Waals surface area (Å²) in [5.74, 6) is -0.232. The van der Waals surface area contributed by atoms with Gasteiger partial charge in [0.25, 0.3) is 11.5 Å². The molecule has 0 unspecified atom stereocenters. The Labute approximate surface area is 135 Å². The lowest BCUT2D eigenvalue weighted by molar-refractivity contribution is -0.0460. The van der Waals surface area contributed by atoms with E-state index in [9.17, 15) is 19.5 Å². The van der Waals surface area contributed by atoms with Crippen LogP contribution in [-0.2, 0) is 0 Å². The van der Waals surface area contributed by atoms with E-state index in [1.807, 2.05) is 0 Å². The highest BCUT2D eigenvalue weighted by atomic mass is 32.1. The lowest BCUT2D eigenvalue weighted by Crippen LogP contribution is -2.55. The molecular formula is C14H16N4O4S. The molecule has 2 atom stereocenters. The number of aliphatic hydroxyl groups is 1. The largest absolute Gasteiger partial charge is 0.388 e. The van der Waals surface area contributed by atoms with E-state index in [1.54, 1.807) is 22.7 Å². The predicted octanol–water partition coefficient (Wildman–Crippen LogP) is -0.169. The fraction of sp³-hybridized carbons (Fsp3) is 0.429. The number of nitrogens with one attached hydrogen (secondary N) is 1. The van der Waals surface area contributed by atoms with Crippen molar-refractivity contribution in [3.05, 3.63) is 49.7 Å². The number of thiazole rings is 1. The molecule has 0 aliphatic carbocycles. The van der Waals surface area contributed by atoms with Crippen LogP contribution in [-0.4, -0.2) is 49.1 Å². The highest BCUT2D eigenvalue weighted by molar-refractivity contribution is 7.07. The number of hydrogen-bond donors (Lipinski definition) is 2. The number of carbonyl (C=O) groups is 1. The molecule has 0 radical (unpaired) electrons. The lowest BCUT2D eigenvalue weighted by atomic mass is 9.88. The second-order valence-corrected chi connectivity index (χ2v) is 6.48. The highest BCUT2D eigenvalue weighted by Crippen LogP contribution is 2.31. The van der Waals surface area contributed by atoms with Gasteiger partial charge < -0.3 is 10.0 Å². The number of rotatable bonds is 2. The van der Waals surface area contributed by atoms with Gasteiger partial charge in [-0.05, 0) is 13.3 Å². The first kappa shape index (κ1) is 15.6. The molecule has 1 fully saturated rings. The Morgan fingerprint density at radius 1 is 1.52 bits per heavy atom. The maximum Gasteiger partial charge on any atom is 0.328 e. The summed E-state index contributed by atoms with van der Waals surface area (Å²) in [7, 11) is 0. The van der Waals surface area contributed by atoms with Gasteiger partial charge >= 0.3 is 5.69 Å². The second-order valence-electron chi connectivity index (χ2n) is 5.77. The molecule has 1 amide bonds. The molecule has 2 N–H and O–H groups in total. The summed E-state index contributed by atoms with van der Waals surface area (Å²) < 4.78 is 1.27. The molecule has 23 heavy (non-hydrogen) atoms. The molecule has 9 heteroatoms. The van der Waals surface area contributed by atoms with Gasteiger partial charge in [-0.25, -0.2) is 9.78 Å². The van der Waals surface area contributed by atoms with E-state index in [-0.39, 0.29) is 12.5 Å². The van der Waals surface area contributed by atoms with E-state index in [0.717, 1.165) is 0 Å². The first-order valence-electron chi connectivity index (χ1n) is 7.10. The van der Waals surface area contributed by atoms with E-state index in [1.165, 1.54) is 28.2 Å². The number of nitrogens with zero attached hydrogens (tertiary/aromatic N) is 3. The zero-order valence-electron chi connectivity index (χ0n) is 12.4. The minimum atomic E-state index is -1.17. The van der Waals surface area contributed by atoms with E-state index >= 15 is 0 Å². The number of aromatic nitrogens is 3. The zero-order valence-corrected chi connectivity index (χ0v) is 13.2. The van der Waals surface area contributed by atoms with Crippen LogP contribution >= 0.6 is 11.3 Å². The van der Waals surface area contributed by atoms with Gasteiger partial charge in [-0.2, -0.15) is 0 Å². The molecule has 0 bridgehead atoms. The SMILES string of the molecule is C[C@@]1(O)CCN(C(=O)c2cscn2)C[C@H]1n1ccc(=O)[nH]c1=O. The van der Waals surface area contributed by atoms with E-state index in [0.29, 0.717) is 18.7 Å². The van der Waals surface area contributed by atoms with E-state index < -0.39 is 22.9 Å². The Hall–Kier alpha value is -2.26. The fourth-order valence-corrected chi connectivity index (χ4v) is 3.28. The lowest BCUT2D eigenvalue weighted by Gasteiger charge is -2.42. The van der Waals surface area contributed by atoms with Crippen molar-refractivity contribution >= 4 is 17.2 Å². The molecule has 8 nitrogen and oxygen atoms in total. The molecule has 1 saturated heterocycles. The zero-order chi connectivity index (χ0) is 16.6. The average Bonchev–Trinajstić information content (AvgIpc) is 3.01. The van der Waals surface area contributed by atoms with Crippen molar-refractivity contribution in [3.63, 3.8) is 0 Å². The van der Waals surface area contributed by atoms with Crippen LogP contribution in [0.5, 0.6) is 0 Å². The number of piperidine rings is 1. The number of H-pyrrole nitrogens is 1. The quantitative estimate of drug-likeness (QED) is 0.792. The fourth-order valence-electron chi connectivity index (χ4n) is 2.75. The summed E-state index contributed by atoms with van der Waals surface area (Å²) in [4.78, 5) is 43.4. The third kappa shape index (κ3) is 2.97. The van der Waals surface area contributed by atoms with Crippen molar-refractivity contribution in [2.75, 3.05) is 13.1 Å². The number of hydrogen-bond acceptors (Lipinski definition) is 6. The van der Waals surface area contributed by atoms with Crippen LogP contribution in [0.4, 0.5) is 0 Å². The Bertz CT molecular complexity index is 824. The maximum atomic E-state index is 12.4. The summed E-state index contributed by atoms with van der Waals surface area (Å²) in [6.07, 6.45) is 1.66. The van der Waals surface area contributed by atoms with Crippen molar-refractivity contribution in [1.82, 2.24) is 19.4 Å². The van der Waals surface area contributed by atoms with Crippen LogP contribution in [0.2, 0.25) is 0 Å². The van der Waals surface area contributed by atoms with Crippen LogP contribution < -0.4 is 11.2 Å². The third-order valence-corrected chi connectivity index (χ3v) is 4.71. The van der Waals surface area contributed by atoms with Crippen molar-refractivity contribution in [1.29, 1.82) is 0 Å². The van der Waals surface area contributed by atoms with Gasteiger partial charge in [-0.1, -0.05) is 0 Å². The van der Waals surface area contributed by atoms with Gasteiger partial charge in [0.1, 0.15) is 5.69 Å². The van der Waals surface area contributed by atoms with Gasteiger partial charge in [0, 0.05) is 30.7 Å². The number of amides is 1. The molecule has 2 aromatic heterocycles. The number of aromatic amines is 1. The topological polar surface area (TPSA) is 108 Å². The van der Waals surface area contributed by atoms with Gasteiger partial charge in [-0.15, -0.1) is 11.3 Å². The number of carbonyl (C=O) groups excluding carboxylic acids is 1. The summed E-state index contributed by atoms with van der Waals surface area (Å²) >= 11 is 1.33. The molecule has 2 aromatic rings. The summed E-state index contributed by atoms with van der Waals surface area (Å²) in [5, 5.41) is 12.3. The Kier molecular flexibility index (Phi) is 3.90. The standard InChI is InChI=1S/C14H16N4O4S/c1-14(22)3-5-17(12(20)9-7-23-8-15-9)6-10(14)18-4-2-11(19)16-13(18)21/h2,4,7-8,10,22H,3,5-6H2,1H3,(H,16,19,21)/t10-,14-/m1/s1. The van der Waals surface area contributed by atoms with Crippen molar-refractivity contribution < 1.29 is 9.90 Å². The van der Waals surface area contributed by atoms with Crippen LogP contribution in [0.3, 0.4) is 0 Å². The molecule has 1 aliphatic heterocycles. The van der Waals surface area contributed by atoms with E-state index in [4.69, 9.17) is 0 Å². The molecule has 0 spiro atoms. The van der Waals surface area contributed by atoms with Gasteiger partial charge in [0.2, 0.25) is 0 Å². The highest BCUT2D eigenvalue weighted by Gasteiger charge is 2.41. The average molecular weight is 336 g/mol. The van der Waals surface area contributed by atoms with Crippen molar-refractivity contribution in [2.45, 2.75) is 25.0 Å². The smallest absolute Gasteiger partial charge is 0.328 e. The maximum absolute atomic E-state index is 12.4. The van der Waals surface area contributed by atoms with Crippen LogP contribution in [0.25, 0.3) is 0 Å². The number of likely N-dealkylation sites (tertiary alicyclic amines) is 1. The van der Waals surface area contributed by atoms with E-state index in [2.05, 4.69) is 9.97 Å². The van der Waals surface area contributed by atoms with Crippen LogP contribution in [0.15, 0.2) is 32.7 Å². The first-order chi connectivity index (χ1) is 10.9. The second kappa shape index (κ2) is 5.74. The van der Waals surface area contributed by atoms with Gasteiger partial charge in [0.15, 0.2) is 0 Å². The van der Waals surface area contributed by atoms with Gasteiger partial charge in [-0.3, -0.25) is 19.1 Å². The minimum absolute atomic E-state index is 0.162. The Balaban J connectivity index is 1.92. The van der Waals surface area contributed by atoms with Crippen molar-refractivity contribution in [2.24, 2.45) is 0 Å². The third-order valence-electron chi connectivity index (χ3n) is 4.12. The first-order valence-corrected chi connectivity index (χ1v) is 8.04. The minimum Gasteiger partial charge on any atom is -0.388 e. The van der Waals surface area contributed by atoms with Crippen LogP contribution in [0, 0.1) is 0 Å². The molecule has 3 heterocycles. The molecule has 122 valence electrons. The molecule has 0 aromatic carbocycles. The molecule has 3 rings (SSSR count). The van der Waals surface area contributed by atoms with Crippen molar-refractivity contribution in [3.8, 4) is 0 Å². The Morgan fingerprint density at radius 3 is 2.96 bits per heavy atom. The van der Waals surface area contributed by atoms with Crippen LogP contribution in [0.1, 0.15) is 29.9 Å². The molecule has 1 aliphatic rings. The summed E-state index contributed by atoms with van der Waals surface area (Å²) in [6.45, 7) is 2.16. The Morgan fingerprint density at radius 2 is 2.30 bits per heavy atom.